The highest BCUT2D eigenvalue weighted by molar-refractivity contribution is 9.10. The molecule has 1 aromatic carbocycles. The van der Waals surface area contributed by atoms with Crippen LogP contribution in [0, 0.1) is 6.92 Å². The third-order valence-electron chi connectivity index (χ3n) is 2.06. The minimum absolute atomic E-state index is 0.0353. The van der Waals surface area contributed by atoms with E-state index in [1.165, 1.54) is 0 Å². The van der Waals surface area contributed by atoms with Crippen molar-refractivity contribution in [3.63, 3.8) is 0 Å². The maximum absolute atomic E-state index is 11.9. The van der Waals surface area contributed by atoms with Crippen molar-refractivity contribution in [2.45, 2.75) is 19.9 Å². The first-order chi connectivity index (χ1) is 7.06. The summed E-state index contributed by atoms with van der Waals surface area (Å²) in [5.74, 6) is -0.0353. The van der Waals surface area contributed by atoms with E-state index in [4.69, 9.17) is 0 Å². The molecule has 4 heteroatoms. The average Bonchev–Trinajstić information content (AvgIpc) is 2.17. The average molecular weight is 335 g/mol. The molecule has 0 aliphatic heterocycles. The molecule has 82 valence electrons. The van der Waals surface area contributed by atoms with Gasteiger partial charge in [-0.15, -0.1) is 0 Å². The van der Waals surface area contributed by atoms with Gasteiger partial charge in [-0.2, -0.15) is 0 Å². The molecule has 0 aliphatic carbocycles. The predicted octanol–water partition coefficient (Wildman–Crippen LogP) is 3.27. The summed E-state index contributed by atoms with van der Waals surface area (Å²) in [6, 6.07) is 5.85. The third-order valence-corrected chi connectivity index (χ3v) is 3.69. The lowest BCUT2D eigenvalue weighted by atomic mass is 10.1. The minimum atomic E-state index is -0.0353. The van der Waals surface area contributed by atoms with E-state index in [-0.39, 0.29) is 11.9 Å². The van der Waals surface area contributed by atoms with E-state index in [1.54, 1.807) is 0 Å². The van der Waals surface area contributed by atoms with Crippen molar-refractivity contribution in [1.82, 2.24) is 5.32 Å². The molecule has 2 nitrogen and oxygen atoms in total. The normalized spacial score (nSPS) is 12.3. The zero-order valence-electron chi connectivity index (χ0n) is 8.68. The van der Waals surface area contributed by atoms with Crippen molar-refractivity contribution in [1.29, 1.82) is 0 Å². The Bertz CT molecular complexity index is 345. The molecular weight excluding hydrogens is 322 g/mol. The van der Waals surface area contributed by atoms with Crippen LogP contribution < -0.4 is 5.32 Å². The highest BCUT2D eigenvalue weighted by atomic mass is 79.9. The highest BCUT2D eigenvalue weighted by Crippen LogP contribution is 2.20. The van der Waals surface area contributed by atoms with Crippen LogP contribution in [0.15, 0.2) is 22.7 Å². The van der Waals surface area contributed by atoms with Crippen LogP contribution in [0.4, 0.5) is 0 Å². The number of carbonyl (C=O) groups excluding carboxylic acids is 1. The van der Waals surface area contributed by atoms with Gasteiger partial charge in [0.25, 0.3) is 5.91 Å². The van der Waals surface area contributed by atoms with Crippen molar-refractivity contribution >= 4 is 37.8 Å². The standard InChI is InChI=1S/C11H13Br2NO/c1-7-4-3-5-9(13)10(7)11(15)14-8(2)6-12/h3-5,8H,6H2,1-2H3,(H,14,15). The Morgan fingerprint density at radius 2 is 2.20 bits per heavy atom. The lowest BCUT2D eigenvalue weighted by molar-refractivity contribution is 0.0942. The van der Waals surface area contributed by atoms with Crippen LogP contribution in [0.5, 0.6) is 0 Å². The number of hydrogen-bond donors (Lipinski definition) is 1. The monoisotopic (exact) mass is 333 g/mol. The molecule has 1 N–H and O–H groups in total. The predicted molar refractivity (Wildman–Crippen MR) is 69.6 cm³/mol. The topological polar surface area (TPSA) is 29.1 Å². The summed E-state index contributed by atoms with van der Waals surface area (Å²) in [7, 11) is 0. The zero-order valence-corrected chi connectivity index (χ0v) is 11.9. The minimum Gasteiger partial charge on any atom is -0.349 e. The second-order valence-electron chi connectivity index (χ2n) is 3.46. The summed E-state index contributed by atoms with van der Waals surface area (Å²) in [4.78, 5) is 11.9. The van der Waals surface area contributed by atoms with Gasteiger partial charge in [-0.1, -0.05) is 28.1 Å². The highest BCUT2D eigenvalue weighted by Gasteiger charge is 2.14. The maximum atomic E-state index is 11.9. The Kier molecular flexibility index (Phi) is 4.80. The number of benzene rings is 1. The van der Waals surface area contributed by atoms with Gasteiger partial charge in [-0.05, 0) is 41.4 Å². The zero-order chi connectivity index (χ0) is 11.4. The fourth-order valence-corrected chi connectivity index (χ4v) is 2.06. The van der Waals surface area contributed by atoms with E-state index in [2.05, 4.69) is 37.2 Å². The van der Waals surface area contributed by atoms with Gasteiger partial charge < -0.3 is 5.32 Å². The van der Waals surface area contributed by atoms with Gasteiger partial charge in [-0.3, -0.25) is 4.79 Å². The van der Waals surface area contributed by atoms with Gasteiger partial charge in [0.15, 0.2) is 0 Å². The smallest absolute Gasteiger partial charge is 0.252 e. The number of halogens is 2. The number of amides is 1. The number of nitrogens with one attached hydrogen (secondary N) is 1. The second-order valence-corrected chi connectivity index (χ2v) is 4.96. The summed E-state index contributed by atoms with van der Waals surface area (Å²) in [5, 5.41) is 3.66. The van der Waals surface area contributed by atoms with Crippen molar-refractivity contribution in [2.75, 3.05) is 5.33 Å². The number of rotatable bonds is 3. The Balaban J connectivity index is 2.91. The Hall–Kier alpha value is -0.350. The molecule has 0 radical (unpaired) electrons. The second kappa shape index (κ2) is 5.66. The van der Waals surface area contributed by atoms with Gasteiger partial charge >= 0.3 is 0 Å². The summed E-state index contributed by atoms with van der Waals surface area (Å²) >= 11 is 6.71. The summed E-state index contributed by atoms with van der Waals surface area (Å²) in [5.41, 5.74) is 1.69. The van der Waals surface area contributed by atoms with Gasteiger partial charge in [0, 0.05) is 15.8 Å². The Morgan fingerprint density at radius 3 is 2.73 bits per heavy atom. The summed E-state index contributed by atoms with van der Waals surface area (Å²) in [6.07, 6.45) is 0. The first-order valence-electron chi connectivity index (χ1n) is 4.68. The van der Waals surface area contributed by atoms with Crippen LogP contribution in [0.1, 0.15) is 22.8 Å². The molecule has 0 saturated carbocycles. The van der Waals surface area contributed by atoms with Crippen molar-refractivity contribution in [3.05, 3.63) is 33.8 Å². The van der Waals surface area contributed by atoms with Crippen LogP contribution in [0.2, 0.25) is 0 Å². The Labute approximate surface area is 107 Å². The molecular formula is C11H13Br2NO. The van der Waals surface area contributed by atoms with E-state index < -0.39 is 0 Å². The number of aryl methyl sites for hydroxylation is 1. The fraction of sp³-hybridized carbons (Fsp3) is 0.364. The third kappa shape index (κ3) is 3.31. The lowest BCUT2D eigenvalue weighted by Gasteiger charge is -2.13. The molecule has 1 aromatic rings. The summed E-state index contributed by atoms with van der Waals surface area (Å²) < 4.78 is 0.835. The van der Waals surface area contributed by atoms with E-state index in [0.29, 0.717) is 5.56 Å². The first kappa shape index (κ1) is 12.7. The molecule has 0 bridgehead atoms. The largest absolute Gasteiger partial charge is 0.349 e. The van der Waals surface area contributed by atoms with Crippen molar-refractivity contribution in [2.24, 2.45) is 0 Å². The van der Waals surface area contributed by atoms with Gasteiger partial charge in [0.2, 0.25) is 0 Å². The van der Waals surface area contributed by atoms with Crippen LogP contribution in [0.3, 0.4) is 0 Å². The lowest BCUT2D eigenvalue weighted by Crippen LogP contribution is -2.34. The molecule has 0 aliphatic rings. The van der Waals surface area contributed by atoms with Crippen LogP contribution in [0.25, 0.3) is 0 Å². The Morgan fingerprint density at radius 1 is 1.53 bits per heavy atom. The van der Waals surface area contributed by atoms with Crippen molar-refractivity contribution in [3.8, 4) is 0 Å². The molecule has 1 amide bonds. The van der Waals surface area contributed by atoms with E-state index in [1.807, 2.05) is 32.0 Å². The van der Waals surface area contributed by atoms with E-state index in [0.717, 1.165) is 15.4 Å². The molecule has 0 heterocycles. The van der Waals surface area contributed by atoms with Gasteiger partial charge in [0.1, 0.15) is 0 Å². The molecule has 15 heavy (non-hydrogen) atoms. The first-order valence-corrected chi connectivity index (χ1v) is 6.59. The van der Waals surface area contributed by atoms with Crippen molar-refractivity contribution < 1.29 is 4.79 Å². The molecule has 1 rings (SSSR count). The van der Waals surface area contributed by atoms with Crippen LogP contribution >= 0.6 is 31.9 Å². The van der Waals surface area contributed by atoms with Gasteiger partial charge in [-0.25, -0.2) is 0 Å². The SMILES string of the molecule is Cc1cccc(Br)c1C(=O)NC(C)CBr. The van der Waals surface area contributed by atoms with E-state index in [9.17, 15) is 4.79 Å². The molecule has 0 aromatic heterocycles. The van der Waals surface area contributed by atoms with Crippen LogP contribution in [-0.4, -0.2) is 17.3 Å². The van der Waals surface area contributed by atoms with E-state index >= 15 is 0 Å². The number of carbonyl (C=O) groups is 1. The van der Waals surface area contributed by atoms with Gasteiger partial charge in [0.05, 0.1) is 5.56 Å². The number of alkyl halides is 1. The molecule has 1 atom stereocenters. The maximum Gasteiger partial charge on any atom is 0.252 e. The molecule has 0 fully saturated rings. The fourth-order valence-electron chi connectivity index (χ4n) is 1.25. The molecule has 0 saturated heterocycles. The molecule has 1 unspecified atom stereocenters. The molecule has 0 spiro atoms. The van der Waals surface area contributed by atoms with Crippen LogP contribution in [-0.2, 0) is 0 Å². The summed E-state index contributed by atoms with van der Waals surface area (Å²) in [6.45, 7) is 3.89. The number of hydrogen-bond acceptors (Lipinski definition) is 1. The quantitative estimate of drug-likeness (QED) is 0.844.